The van der Waals surface area contributed by atoms with Gasteiger partial charge in [0.15, 0.2) is 0 Å². The molecule has 0 fully saturated rings. The summed E-state index contributed by atoms with van der Waals surface area (Å²) in [6.07, 6.45) is 1.17. The maximum absolute atomic E-state index is 11.5. The molecule has 1 N–H and O–H groups in total. The molecule has 0 amide bonds. The van der Waals surface area contributed by atoms with E-state index in [1.165, 1.54) is 27.0 Å². The Morgan fingerprint density at radius 3 is 1.89 bits per heavy atom. The second-order valence-corrected chi connectivity index (χ2v) is 3.63. The van der Waals surface area contributed by atoms with Gasteiger partial charge in [-0.3, -0.25) is 0 Å². The van der Waals surface area contributed by atoms with Gasteiger partial charge in [0.05, 0.1) is 19.8 Å². The van der Waals surface area contributed by atoms with Gasteiger partial charge in [-0.2, -0.15) is 0 Å². The van der Waals surface area contributed by atoms with Gasteiger partial charge in [-0.05, 0) is 25.5 Å². The Bertz CT molecular complexity index is 481. The summed E-state index contributed by atoms with van der Waals surface area (Å²) in [5, 5.41) is 8.83. The molecule has 0 rings (SSSR count). The Morgan fingerprint density at radius 2 is 1.53 bits per heavy atom. The average molecular weight is 268 g/mol. The lowest BCUT2D eigenvalue weighted by atomic mass is 9.99. The van der Waals surface area contributed by atoms with E-state index in [0.717, 1.165) is 7.11 Å². The van der Waals surface area contributed by atoms with Gasteiger partial charge in [-0.15, -0.1) is 0 Å². The van der Waals surface area contributed by atoms with Crippen LogP contribution in [0.1, 0.15) is 13.8 Å². The van der Waals surface area contributed by atoms with Crippen molar-refractivity contribution in [3.63, 3.8) is 0 Å². The standard InChI is InChI=1S/C13H16O6/c1-7(11(14)15)6-10(8(2)12(16)18-4)9(3)13(17)19-5/h6H,2H2,1,3-5H3,(H,14,15)/b7-6+,10-9-. The number of carbonyl (C=O) groups excluding carboxylic acids is 2. The van der Waals surface area contributed by atoms with E-state index in [4.69, 9.17) is 5.11 Å². The summed E-state index contributed by atoms with van der Waals surface area (Å²) in [5.41, 5.74) is -0.0357. The summed E-state index contributed by atoms with van der Waals surface area (Å²) in [7, 11) is 2.34. The first-order chi connectivity index (χ1) is 8.76. The zero-order valence-corrected chi connectivity index (χ0v) is 11.3. The predicted molar refractivity (Wildman–Crippen MR) is 67.3 cm³/mol. The van der Waals surface area contributed by atoms with Crippen molar-refractivity contribution < 1.29 is 29.0 Å². The van der Waals surface area contributed by atoms with Crippen LogP contribution in [0.25, 0.3) is 0 Å². The van der Waals surface area contributed by atoms with Gasteiger partial charge in [0.1, 0.15) is 0 Å². The molecular weight excluding hydrogens is 252 g/mol. The molecule has 0 saturated heterocycles. The largest absolute Gasteiger partial charge is 0.478 e. The highest BCUT2D eigenvalue weighted by molar-refractivity contribution is 6.00. The van der Waals surface area contributed by atoms with E-state index in [1.807, 2.05) is 0 Å². The van der Waals surface area contributed by atoms with Crippen LogP contribution >= 0.6 is 0 Å². The van der Waals surface area contributed by atoms with Gasteiger partial charge >= 0.3 is 17.9 Å². The molecule has 0 aliphatic heterocycles. The van der Waals surface area contributed by atoms with Crippen LogP contribution in [0.4, 0.5) is 0 Å². The Kier molecular flexibility index (Phi) is 6.26. The third-order valence-corrected chi connectivity index (χ3v) is 2.35. The molecule has 19 heavy (non-hydrogen) atoms. The van der Waals surface area contributed by atoms with Crippen LogP contribution in [0.3, 0.4) is 0 Å². The lowest BCUT2D eigenvalue weighted by Crippen LogP contribution is -2.12. The third kappa shape index (κ3) is 4.42. The van der Waals surface area contributed by atoms with Crippen molar-refractivity contribution in [2.45, 2.75) is 13.8 Å². The van der Waals surface area contributed by atoms with Crippen LogP contribution in [0, 0.1) is 0 Å². The molecule has 0 unspecified atom stereocenters. The molecule has 0 heterocycles. The van der Waals surface area contributed by atoms with Gasteiger partial charge in [-0.25, -0.2) is 14.4 Å². The maximum Gasteiger partial charge on any atom is 0.337 e. The fraction of sp³-hybridized carbons (Fsp3) is 0.308. The SMILES string of the molecule is C=C(C(=O)OC)C(/C=C(\C)C(=O)O)=C(/C)C(=O)OC. The predicted octanol–water partition coefficient (Wildman–Crippen LogP) is 1.24. The zero-order chi connectivity index (χ0) is 15.2. The first-order valence-corrected chi connectivity index (χ1v) is 5.24. The summed E-state index contributed by atoms with van der Waals surface area (Å²) in [5.74, 6) is -2.62. The van der Waals surface area contributed by atoms with Crippen LogP contribution in [-0.2, 0) is 23.9 Å². The number of hydrogen-bond donors (Lipinski definition) is 1. The lowest BCUT2D eigenvalue weighted by molar-refractivity contribution is -0.136. The van der Waals surface area contributed by atoms with Crippen molar-refractivity contribution >= 4 is 17.9 Å². The molecule has 0 aliphatic rings. The lowest BCUT2D eigenvalue weighted by Gasteiger charge is -2.09. The second-order valence-electron chi connectivity index (χ2n) is 3.63. The highest BCUT2D eigenvalue weighted by atomic mass is 16.5. The molecule has 0 aliphatic carbocycles. The summed E-state index contributed by atoms with van der Waals surface area (Å²) < 4.78 is 9.03. The van der Waals surface area contributed by atoms with E-state index in [-0.39, 0.29) is 22.3 Å². The van der Waals surface area contributed by atoms with Crippen molar-refractivity contribution in [3.05, 3.63) is 34.9 Å². The molecule has 6 nitrogen and oxygen atoms in total. The Labute approximate surface area is 111 Å². The number of carboxylic acid groups (broad SMARTS) is 1. The molecule has 0 atom stereocenters. The topological polar surface area (TPSA) is 89.9 Å². The number of aliphatic carboxylic acids is 1. The minimum atomic E-state index is -1.17. The highest BCUT2D eigenvalue weighted by Crippen LogP contribution is 2.19. The highest BCUT2D eigenvalue weighted by Gasteiger charge is 2.18. The molecule has 0 spiro atoms. The van der Waals surface area contributed by atoms with Crippen molar-refractivity contribution in [2.75, 3.05) is 14.2 Å². The Hall–Kier alpha value is -2.37. The van der Waals surface area contributed by atoms with Crippen molar-refractivity contribution in [1.29, 1.82) is 0 Å². The molecule has 0 bridgehead atoms. The Morgan fingerprint density at radius 1 is 1.05 bits per heavy atom. The molecular formula is C13H16O6. The number of rotatable bonds is 5. The minimum absolute atomic E-state index is 0.0525. The van der Waals surface area contributed by atoms with Crippen LogP contribution < -0.4 is 0 Å². The monoisotopic (exact) mass is 268 g/mol. The number of methoxy groups -OCH3 is 2. The fourth-order valence-electron chi connectivity index (χ4n) is 1.20. The number of carbonyl (C=O) groups is 3. The first kappa shape index (κ1) is 16.6. The Balaban J connectivity index is 5.85. The summed E-state index contributed by atoms with van der Waals surface area (Å²) in [6, 6.07) is 0. The third-order valence-electron chi connectivity index (χ3n) is 2.35. The van der Waals surface area contributed by atoms with E-state index in [1.54, 1.807) is 0 Å². The van der Waals surface area contributed by atoms with Crippen LogP contribution in [0.2, 0.25) is 0 Å². The van der Waals surface area contributed by atoms with Gasteiger partial charge in [0.2, 0.25) is 0 Å². The smallest absolute Gasteiger partial charge is 0.337 e. The van der Waals surface area contributed by atoms with E-state index < -0.39 is 17.9 Å². The van der Waals surface area contributed by atoms with Crippen molar-refractivity contribution in [3.8, 4) is 0 Å². The second kappa shape index (κ2) is 7.15. The fourth-order valence-corrected chi connectivity index (χ4v) is 1.20. The number of allylic oxidation sites excluding steroid dienone is 1. The van der Waals surface area contributed by atoms with Crippen molar-refractivity contribution in [2.24, 2.45) is 0 Å². The van der Waals surface area contributed by atoms with Crippen molar-refractivity contribution in [1.82, 2.24) is 0 Å². The van der Waals surface area contributed by atoms with Crippen LogP contribution in [-0.4, -0.2) is 37.2 Å². The number of hydrogen-bond acceptors (Lipinski definition) is 5. The van der Waals surface area contributed by atoms with Gasteiger partial charge in [0, 0.05) is 11.1 Å². The molecule has 0 aromatic heterocycles. The molecule has 0 aromatic rings. The quantitative estimate of drug-likeness (QED) is 0.458. The van der Waals surface area contributed by atoms with Gasteiger partial charge < -0.3 is 14.6 Å². The average Bonchev–Trinajstić information content (AvgIpc) is 2.40. The number of esters is 2. The number of carboxylic acids is 1. The van der Waals surface area contributed by atoms with E-state index in [0.29, 0.717) is 0 Å². The maximum atomic E-state index is 11.5. The zero-order valence-electron chi connectivity index (χ0n) is 11.3. The minimum Gasteiger partial charge on any atom is -0.478 e. The molecule has 6 heteroatoms. The molecule has 0 saturated carbocycles. The summed E-state index contributed by atoms with van der Waals surface area (Å²) >= 11 is 0. The normalized spacial score (nSPS) is 12.3. The van der Waals surface area contributed by atoms with E-state index in [9.17, 15) is 14.4 Å². The molecule has 0 aromatic carbocycles. The van der Waals surface area contributed by atoms with Crippen LogP contribution in [0.5, 0.6) is 0 Å². The van der Waals surface area contributed by atoms with Gasteiger partial charge in [-0.1, -0.05) is 6.58 Å². The van der Waals surface area contributed by atoms with E-state index >= 15 is 0 Å². The molecule has 104 valence electrons. The summed E-state index contributed by atoms with van der Waals surface area (Å²) in [6.45, 7) is 6.23. The number of ether oxygens (including phenoxy) is 2. The molecule has 0 radical (unpaired) electrons. The van der Waals surface area contributed by atoms with Crippen LogP contribution in [0.15, 0.2) is 34.9 Å². The summed E-state index contributed by atoms with van der Waals surface area (Å²) in [4.78, 5) is 33.7. The first-order valence-electron chi connectivity index (χ1n) is 5.24. The van der Waals surface area contributed by atoms with Gasteiger partial charge in [0.25, 0.3) is 0 Å². The van der Waals surface area contributed by atoms with E-state index in [2.05, 4.69) is 16.1 Å².